The molecule has 1 heterocycles. The lowest BCUT2D eigenvalue weighted by Crippen LogP contribution is -2.47. The average Bonchev–Trinajstić information content (AvgIpc) is 2.59. The first-order valence-corrected chi connectivity index (χ1v) is 5.89. The third-order valence-electron chi connectivity index (χ3n) is 4.01. The van der Waals surface area contributed by atoms with E-state index in [9.17, 15) is 0 Å². The highest BCUT2D eigenvalue weighted by Gasteiger charge is 2.36. The Morgan fingerprint density at radius 2 is 1.80 bits per heavy atom. The fourth-order valence-corrected chi connectivity index (χ4v) is 2.90. The molecule has 1 saturated carbocycles. The first-order valence-electron chi connectivity index (χ1n) is 5.89. The second-order valence-corrected chi connectivity index (χ2v) is 4.81. The maximum absolute atomic E-state index is 5.77. The summed E-state index contributed by atoms with van der Waals surface area (Å²) in [6, 6.07) is 9.55. The molecule has 1 aromatic carbocycles. The van der Waals surface area contributed by atoms with E-state index in [-0.39, 0.29) is 0 Å². The van der Waals surface area contributed by atoms with Gasteiger partial charge < -0.3 is 5.73 Å². The van der Waals surface area contributed by atoms with Gasteiger partial charge in [0.05, 0.1) is 0 Å². The van der Waals surface area contributed by atoms with E-state index in [1.54, 1.807) is 0 Å². The summed E-state index contributed by atoms with van der Waals surface area (Å²) in [5, 5.41) is 0. The summed E-state index contributed by atoms with van der Waals surface area (Å²) in [5.74, 6) is 0.749. The topological polar surface area (TPSA) is 29.3 Å². The smallest absolute Gasteiger partial charge is 0.0243 e. The molecule has 1 fully saturated rings. The minimum atomic E-state index is 0.749. The number of hydrogen-bond donors (Lipinski definition) is 1. The summed E-state index contributed by atoms with van der Waals surface area (Å²) in [5.41, 5.74) is 8.80. The summed E-state index contributed by atoms with van der Waals surface area (Å²) in [4.78, 5) is 2.60. The number of fused-ring (bicyclic) bond motifs is 1. The van der Waals surface area contributed by atoms with Crippen LogP contribution in [0, 0.1) is 5.92 Å². The second kappa shape index (κ2) is 3.62. The normalized spacial score (nSPS) is 29.9. The van der Waals surface area contributed by atoms with Crippen LogP contribution < -0.4 is 5.73 Å². The molecule has 2 unspecified atom stereocenters. The lowest BCUT2D eigenvalue weighted by Gasteiger charge is -2.42. The summed E-state index contributed by atoms with van der Waals surface area (Å²) in [7, 11) is 0. The van der Waals surface area contributed by atoms with Gasteiger partial charge in [0, 0.05) is 19.1 Å². The molecule has 80 valence electrons. The maximum atomic E-state index is 5.77. The van der Waals surface area contributed by atoms with Gasteiger partial charge in [-0.15, -0.1) is 0 Å². The standard InChI is InChI=1S/C13H18N2/c14-7-10-5-6-13(10)15-8-11-3-1-2-4-12(11)9-15/h1-4,10,13H,5-9,14H2. The lowest BCUT2D eigenvalue weighted by molar-refractivity contribution is 0.0642. The highest BCUT2D eigenvalue weighted by atomic mass is 15.2. The van der Waals surface area contributed by atoms with Gasteiger partial charge in [0.1, 0.15) is 0 Å². The Bertz CT molecular complexity index is 334. The summed E-state index contributed by atoms with van der Waals surface area (Å²) >= 11 is 0. The molecular formula is C13H18N2. The van der Waals surface area contributed by atoms with Crippen molar-refractivity contribution in [2.45, 2.75) is 32.0 Å². The van der Waals surface area contributed by atoms with Crippen LogP contribution in [0.1, 0.15) is 24.0 Å². The molecule has 1 aliphatic carbocycles. The minimum absolute atomic E-state index is 0.749. The van der Waals surface area contributed by atoms with Crippen LogP contribution in [0.25, 0.3) is 0 Å². The van der Waals surface area contributed by atoms with Gasteiger partial charge in [0.15, 0.2) is 0 Å². The van der Waals surface area contributed by atoms with Crippen LogP contribution in [0.5, 0.6) is 0 Å². The van der Waals surface area contributed by atoms with E-state index in [0.29, 0.717) is 0 Å². The number of nitrogens with zero attached hydrogens (tertiary/aromatic N) is 1. The molecule has 0 bridgehead atoms. The molecule has 2 nitrogen and oxygen atoms in total. The van der Waals surface area contributed by atoms with E-state index in [1.807, 2.05) is 0 Å². The molecule has 1 aromatic rings. The van der Waals surface area contributed by atoms with Gasteiger partial charge in [-0.25, -0.2) is 0 Å². The first kappa shape index (κ1) is 9.37. The van der Waals surface area contributed by atoms with Crippen LogP contribution in [-0.4, -0.2) is 17.5 Å². The minimum Gasteiger partial charge on any atom is -0.330 e. The van der Waals surface area contributed by atoms with Crippen molar-refractivity contribution in [1.82, 2.24) is 4.90 Å². The van der Waals surface area contributed by atoms with Gasteiger partial charge >= 0.3 is 0 Å². The molecule has 0 spiro atoms. The van der Waals surface area contributed by atoms with E-state index in [2.05, 4.69) is 29.2 Å². The average molecular weight is 202 g/mol. The maximum Gasteiger partial charge on any atom is 0.0243 e. The van der Waals surface area contributed by atoms with Crippen molar-refractivity contribution in [3.8, 4) is 0 Å². The van der Waals surface area contributed by atoms with Gasteiger partial charge in [-0.05, 0) is 36.4 Å². The van der Waals surface area contributed by atoms with Crippen molar-refractivity contribution in [1.29, 1.82) is 0 Å². The Morgan fingerprint density at radius 1 is 1.13 bits per heavy atom. The summed E-state index contributed by atoms with van der Waals surface area (Å²) < 4.78 is 0. The fraction of sp³-hybridized carbons (Fsp3) is 0.538. The first-order chi connectivity index (χ1) is 7.38. The monoisotopic (exact) mass is 202 g/mol. The van der Waals surface area contributed by atoms with Gasteiger partial charge in [-0.2, -0.15) is 0 Å². The van der Waals surface area contributed by atoms with Crippen LogP contribution in [0.3, 0.4) is 0 Å². The SMILES string of the molecule is NCC1CCC1N1Cc2ccccc2C1. The predicted molar refractivity (Wildman–Crippen MR) is 61.3 cm³/mol. The Morgan fingerprint density at radius 3 is 2.27 bits per heavy atom. The van der Waals surface area contributed by atoms with Gasteiger partial charge in [0.2, 0.25) is 0 Å². The lowest BCUT2D eigenvalue weighted by atomic mass is 9.78. The van der Waals surface area contributed by atoms with Crippen molar-refractivity contribution in [2.24, 2.45) is 11.7 Å². The molecule has 0 amide bonds. The quantitative estimate of drug-likeness (QED) is 0.791. The number of benzene rings is 1. The van der Waals surface area contributed by atoms with Crippen molar-refractivity contribution in [3.05, 3.63) is 35.4 Å². The Hall–Kier alpha value is -0.860. The van der Waals surface area contributed by atoms with E-state index >= 15 is 0 Å². The Kier molecular flexibility index (Phi) is 2.26. The zero-order chi connectivity index (χ0) is 10.3. The van der Waals surface area contributed by atoms with Crippen molar-refractivity contribution in [3.63, 3.8) is 0 Å². The highest BCUT2D eigenvalue weighted by Crippen LogP contribution is 2.36. The molecule has 0 radical (unpaired) electrons. The molecule has 1 aliphatic heterocycles. The van der Waals surface area contributed by atoms with Gasteiger partial charge in [0.25, 0.3) is 0 Å². The van der Waals surface area contributed by atoms with E-state index in [1.165, 1.54) is 24.0 Å². The number of hydrogen-bond acceptors (Lipinski definition) is 2. The summed E-state index contributed by atoms with van der Waals surface area (Å²) in [6.45, 7) is 3.13. The van der Waals surface area contributed by atoms with E-state index in [4.69, 9.17) is 5.73 Å². The Balaban J connectivity index is 1.73. The van der Waals surface area contributed by atoms with Crippen LogP contribution >= 0.6 is 0 Å². The predicted octanol–water partition coefficient (Wildman–Crippen LogP) is 1.74. The van der Waals surface area contributed by atoms with Crippen LogP contribution in [0.15, 0.2) is 24.3 Å². The molecule has 0 aromatic heterocycles. The zero-order valence-corrected chi connectivity index (χ0v) is 9.02. The highest BCUT2D eigenvalue weighted by molar-refractivity contribution is 5.30. The fourth-order valence-electron chi connectivity index (χ4n) is 2.90. The largest absolute Gasteiger partial charge is 0.330 e. The van der Waals surface area contributed by atoms with Crippen molar-refractivity contribution in [2.75, 3.05) is 6.54 Å². The number of nitrogens with two attached hydrogens (primary N) is 1. The third-order valence-corrected chi connectivity index (χ3v) is 4.01. The Labute approximate surface area is 91.1 Å². The van der Waals surface area contributed by atoms with Crippen LogP contribution in [0.4, 0.5) is 0 Å². The van der Waals surface area contributed by atoms with Crippen LogP contribution in [0.2, 0.25) is 0 Å². The van der Waals surface area contributed by atoms with Gasteiger partial charge in [-0.1, -0.05) is 24.3 Å². The number of rotatable bonds is 2. The zero-order valence-electron chi connectivity index (χ0n) is 9.02. The molecule has 0 saturated heterocycles. The van der Waals surface area contributed by atoms with E-state index in [0.717, 1.165) is 31.6 Å². The second-order valence-electron chi connectivity index (χ2n) is 4.81. The molecule has 2 N–H and O–H groups in total. The molecule has 2 aliphatic rings. The molecule has 15 heavy (non-hydrogen) atoms. The molecule has 2 atom stereocenters. The molecular weight excluding hydrogens is 184 g/mol. The molecule has 2 heteroatoms. The van der Waals surface area contributed by atoms with E-state index < -0.39 is 0 Å². The molecule has 3 rings (SSSR count). The van der Waals surface area contributed by atoms with Crippen molar-refractivity contribution >= 4 is 0 Å². The van der Waals surface area contributed by atoms with Gasteiger partial charge in [-0.3, -0.25) is 4.90 Å². The summed E-state index contributed by atoms with van der Waals surface area (Å²) in [6.07, 6.45) is 2.67. The third kappa shape index (κ3) is 1.48. The van der Waals surface area contributed by atoms with Crippen molar-refractivity contribution < 1.29 is 0 Å². The van der Waals surface area contributed by atoms with Crippen LogP contribution in [-0.2, 0) is 13.1 Å².